The van der Waals surface area contributed by atoms with Crippen LogP contribution < -0.4 is 15.4 Å². The lowest BCUT2D eigenvalue weighted by molar-refractivity contribution is 0.0249. The van der Waals surface area contributed by atoms with Crippen molar-refractivity contribution >= 4 is 33.0 Å². The maximum atomic E-state index is 14.0. The minimum absolute atomic E-state index is 0.00367. The van der Waals surface area contributed by atoms with Crippen LogP contribution >= 0.6 is 22.9 Å². The highest BCUT2D eigenvalue weighted by Crippen LogP contribution is 2.36. The molecule has 7 nitrogen and oxygen atoms in total. The van der Waals surface area contributed by atoms with Crippen molar-refractivity contribution in [2.75, 3.05) is 31.6 Å². The Bertz CT molecular complexity index is 983. The average Bonchev–Trinajstić information content (AvgIpc) is 3.25. The van der Waals surface area contributed by atoms with Crippen LogP contribution in [-0.2, 0) is 0 Å². The van der Waals surface area contributed by atoms with Gasteiger partial charge in [0, 0.05) is 31.3 Å². The molecule has 0 radical (unpaired) electrons. The topological polar surface area (TPSA) is 88.9 Å². The zero-order chi connectivity index (χ0) is 19.2. The highest BCUT2D eigenvalue weighted by atomic mass is 35.5. The van der Waals surface area contributed by atoms with E-state index in [1.807, 2.05) is 0 Å². The van der Waals surface area contributed by atoms with E-state index >= 15 is 0 Å². The van der Waals surface area contributed by atoms with E-state index in [9.17, 15) is 9.50 Å². The minimum atomic E-state index is -0.798. The van der Waals surface area contributed by atoms with Crippen LogP contribution in [0.3, 0.4) is 0 Å². The molecule has 2 aromatic heterocycles. The fourth-order valence-corrected chi connectivity index (χ4v) is 4.29. The van der Waals surface area contributed by atoms with E-state index in [4.69, 9.17) is 22.1 Å². The minimum Gasteiger partial charge on any atom is -0.496 e. The summed E-state index contributed by atoms with van der Waals surface area (Å²) < 4.78 is 21.0. The highest BCUT2D eigenvalue weighted by Gasteiger charge is 2.32. The Hall–Kier alpha value is -1.94. The van der Waals surface area contributed by atoms with Crippen molar-refractivity contribution in [1.82, 2.24) is 14.6 Å². The summed E-state index contributed by atoms with van der Waals surface area (Å²) in [6.45, 7) is 1.59. The van der Waals surface area contributed by atoms with Gasteiger partial charge in [0.25, 0.3) is 0 Å². The Balaban J connectivity index is 1.69. The zero-order valence-corrected chi connectivity index (χ0v) is 16.2. The van der Waals surface area contributed by atoms with Gasteiger partial charge in [0.15, 0.2) is 0 Å². The molecule has 0 amide bonds. The number of nitrogens with two attached hydrogens (primary N) is 1. The summed E-state index contributed by atoms with van der Waals surface area (Å²) >= 11 is 7.30. The van der Waals surface area contributed by atoms with Gasteiger partial charge in [0.1, 0.15) is 11.6 Å². The molecular formula is C17H19ClFN5O2S. The van der Waals surface area contributed by atoms with Gasteiger partial charge in [-0.3, -0.25) is 0 Å². The molecular weight excluding hydrogens is 393 g/mol. The number of aromatic nitrogens is 3. The molecule has 3 heterocycles. The van der Waals surface area contributed by atoms with Crippen molar-refractivity contribution in [3.05, 3.63) is 29.2 Å². The van der Waals surface area contributed by atoms with Gasteiger partial charge < -0.3 is 20.5 Å². The third-order valence-corrected chi connectivity index (χ3v) is 6.21. The fraction of sp³-hybridized carbons (Fsp3) is 0.412. The van der Waals surface area contributed by atoms with Crippen LogP contribution in [0.25, 0.3) is 16.2 Å². The molecule has 1 saturated heterocycles. The lowest BCUT2D eigenvalue weighted by Gasteiger charge is -2.37. The highest BCUT2D eigenvalue weighted by molar-refractivity contribution is 7.20. The van der Waals surface area contributed by atoms with Gasteiger partial charge in [-0.15, -0.1) is 5.10 Å². The predicted octanol–water partition coefficient (Wildman–Crippen LogP) is 2.55. The van der Waals surface area contributed by atoms with E-state index in [1.54, 1.807) is 10.7 Å². The molecule has 0 atom stereocenters. The van der Waals surface area contributed by atoms with Crippen LogP contribution in [0, 0.1) is 5.82 Å². The molecule has 3 aromatic rings. The van der Waals surface area contributed by atoms with Crippen molar-refractivity contribution in [3.63, 3.8) is 0 Å². The summed E-state index contributed by atoms with van der Waals surface area (Å²) in [6.07, 6.45) is 2.82. The van der Waals surface area contributed by atoms with E-state index in [-0.39, 0.29) is 11.6 Å². The molecule has 0 bridgehead atoms. The Morgan fingerprint density at radius 1 is 1.41 bits per heavy atom. The molecule has 4 rings (SSSR count). The van der Waals surface area contributed by atoms with Crippen molar-refractivity contribution < 1.29 is 14.2 Å². The number of anilines is 1. The Morgan fingerprint density at radius 3 is 2.81 bits per heavy atom. The first kappa shape index (κ1) is 18.4. The standard InChI is InChI=1S/C17H19ClFN5O2S/c1-26-14-7-11(18)12(19)6-10(14)13-8-21-15-24(13)22-16(27-15)23-4-2-17(25,9-20)3-5-23/h6-8,25H,2-5,9,20H2,1H3. The van der Waals surface area contributed by atoms with Crippen LogP contribution in [0.2, 0.25) is 5.02 Å². The Kier molecular flexibility index (Phi) is 4.71. The number of hydrogen-bond acceptors (Lipinski definition) is 7. The quantitative estimate of drug-likeness (QED) is 0.685. The average molecular weight is 412 g/mol. The number of imidazole rings is 1. The van der Waals surface area contributed by atoms with Gasteiger partial charge in [-0.25, -0.2) is 13.9 Å². The largest absolute Gasteiger partial charge is 0.496 e. The first-order valence-electron chi connectivity index (χ1n) is 8.49. The number of methoxy groups -OCH3 is 1. The summed E-state index contributed by atoms with van der Waals surface area (Å²) in [5, 5.41) is 15.7. The molecule has 144 valence electrons. The molecule has 1 aliphatic rings. The lowest BCUT2D eigenvalue weighted by Crippen LogP contribution is -2.48. The van der Waals surface area contributed by atoms with Gasteiger partial charge in [-0.05, 0) is 18.9 Å². The van der Waals surface area contributed by atoms with Crippen molar-refractivity contribution in [3.8, 4) is 17.0 Å². The van der Waals surface area contributed by atoms with Gasteiger partial charge in [-0.2, -0.15) is 0 Å². The summed E-state index contributed by atoms with van der Waals surface area (Å²) in [7, 11) is 1.50. The first-order valence-corrected chi connectivity index (χ1v) is 9.69. The monoisotopic (exact) mass is 411 g/mol. The van der Waals surface area contributed by atoms with E-state index in [0.717, 1.165) is 5.13 Å². The SMILES string of the molecule is COc1cc(Cl)c(F)cc1-c1cnc2sc(N3CCC(O)(CN)CC3)nn12. The second-order valence-electron chi connectivity index (χ2n) is 6.60. The van der Waals surface area contributed by atoms with Gasteiger partial charge in [-0.1, -0.05) is 22.9 Å². The number of piperidine rings is 1. The van der Waals surface area contributed by atoms with Gasteiger partial charge in [0.2, 0.25) is 10.1 Å². The summed E-state index contributed by atoms with van der Waals surface area (Å²) in [5.74, 6) is -0.0845. The molecule has 0 unspecified atom stereocenters. The number of benzene rings is 1. The third-order valence-electron chi connectivity index (χ3n) is 4.94. The summed E-state index contributed by atoms with van der Waals surface area (Å²) in [5.41, 5.74) is 6.00. The summed E-state index contributed by atoms with van der Waals surface area (Å²) in [4.78, 5) is 7.19. The van der Waals surface area contributed by atoms with Crippen LogP contribution in [0.15, 0.2) is 18.3 Å². The number of rotatable bonds is 4. The number of halogens is 2. The van der Waals surface area contributed by atoms with Gasteiger partial charge >= 0.3 is 0 Å². The first-order chi connectivity index (χ1) is 12.9. The van der Waals surface area contributed by atoms with E-state index in [1.165, 1.54) is 30.6 Å². The molecule has 0 aliphatic carbocycles. The fourth-order valence-electron chi connectivity index (χ4n) is 3.21. The van der Waals surface area contributed by atoms with E-state index < -0.39 is 11.4 Å². The second-order valence-corrected chi connectivity index (χ2v) is 7.95. The number of fused-ring (bicyclic) bond motifs is 1. The molecule has 10 heteroatoms. The van der Waals surface area contributed by atoms with E-state index in [0.29, 0.717) is 47.9 Å². The third kappa shape index (κ3) is 3.25. The predicted molar refractivity (Wildman–Crippen MR) is 103 cm³/mol. The lowest BCUT2D eigenvalue weighted by atomic mass is 9.92. The maximum absolute atomic E-state index is 14.0. The van der Waals surface area contributed by atoms with Gasteiger partial charge in [0.05, 0.1) is 29.6 Å². The van der Waals surface area contributed by atoms with Crippen LogP contribution in [0.4, 0.5) is 9.52 Å². The van der Waals surface area contributed by atoms with E-state index in [2.05, 4.69) is 15.0 Å². The van der Waals surface area contributed by atoms with Crippen molar-refractivity contribution in [1.29, 1.82) is 0 Å². The Labute approximate surface area is 164 Å². The second kappa shape index (κ2) is 6.90. The number of aliphatic hydroxyl groups is 1. The van der Waals surface area contributed by atoms with Crippen LogP contribution in [0.5, 0.6) is 5.75 Å². The molecule has 3 N–H and O–H groups in total. The summed E-state index contributed by atoms with van der Waals surface area (Å²) in [6, 6.07) is 2.77. The zero-order valence-electron chi connectivity index (χ0n) is 14.7. The van der Waals surface area contributed by atoms with Crippen LogP contribution in [-0.4, -0.2) is 52.0 Å². The normalized spacial score (nSPS) is 16.9. The number of ether oxygens (including phenoxy) is 1. The molecule has 0 spiro atoms. The molecule has 0 saturated carbocycles. The number of nitrogens with zero attached hydrogens (tertiary/aromatic N) is 4. The molecule has 27 heavy (non-hydrogen) atoms. The maximum Gasteiger partial charge on any atom is 0.214 e. The number of hydrogen-bond donors (Lipinski definition) is 2. The smallest absolute Gasteiger partial charge is 0.214 e. The van der Waals surface area contributed by atoms with Crippen LogP contribution in [0.1, 0.15) is 12.8 Å². The van der Waals surface area contributed by atoms with Crippen molar-refractivity contribution in [2.24, 2.45) is 5.73 Å². The molecule has 1 aliphatic heterocycles. The molecule has 1 aromatic carbocycles. The Morgan fingerprint density at radius 2 is 2.15 bits per heavy atom. The van der Waals surface area contributed by atoms with Crippen molar-refractivity contribution in [2.45, 2.75) is 18.4 Å². The molecule has 1 fully saturated rings.